The Labute approximate surface area is 99.1 Å². The van der Waals surface area contributed by atoms with Gasteiger partial charge in [0.15, 0.2) is 0 Å². The van der Waals surface area contributed by atoms with E-state index >= 15 is 0 Å². The molecule has 94 valence electrons. The standard InChI is InChI=1S/C11H17N3O3/c12-7(15)11(8(13)16)5-2-6-14-9(17)10(11)3-1-4-10/h1-6H2,(H2,12,15)(H2,13,16)(H,14,17). The molecule has 0 radical (unpaired) electrons. The quantitative estimate of drug-likeness (QED) is 0.538. The summed E-state index contributed by atoms with van der Waals surface area (Å²) < 4.78 is 0. The highest BCUT2D eigenvalue weighted by molar-refractivity contribution is 6.09. The van der Waals surface area contributed by atoms with Crippen LogP contribution >= 0.6 is 0 Å². The minimum atomic E-state index is -1.51. The van der Waals surface area contributed by atoms with Gasteiger partial charge in [0.2, 0.25) is 17.7 Å². The lowest BCUT2D eigenvalue weighted by Crippen LogP contribution is -2.64. The molecular formula is C11H17N3O3. The largest absolute Gasteiger partial charge is 0.369 e. The molecule has 0 atom stereocenters. The van der Waals surface area contributed by atoms with Crippen LogP contribution in [0.3, 0.4) is 0 Å². The summed E-state index contributed by atoms with van der Waals surface area (Å²) in [4.78, 5) is 35.6. The van der Waals surface area contributed by atoms with Gasteiger partial charge in [0.05, 0.1) is 5.41 Å². The van der Waals surface area contributed by atoms with Gasteiger partial charge in [0.1, 0.15) is 5.41 Å². The fourth-order valence-electron chi connectivity index (χ4n) is 3.18. The Kier molecular flexibility index (Phi) is 2.60. The third-order valence-electron chi connectivity index (χ3n) is 4.31. The Bertz CT molecular complexity index is 373. The van der Waals surface area contributed by atoms with Gasteiger partial charge in [0.25, 0.3) is 0 Å². The van der Waals surface area contributed by atoms with Gasteiger partial charge in [-0.25, -0.2) is 0 Å². The zero-order valence-electron chi connectivity index (χ0n) is 9.62. The molecule has 6 heteroatoms. The molecule has 0 aromatic carbocycles. The summed E-state index contributed by atoms with van der Waals surface area (Å²) in [6.45, 7) is 0.461. The summed E-state index contributed by atoms with van der Waals surface area (Å²) in [7, 11) is 0. The topological polar surface area (TPSA) is 115 Å². The Morgan fingerprint density at radius 2 is 1.65 bits per heavy atom. The van der Waals surface area contributed by atoms with E-state index in [0.29, 0.717) is 25.8 Å². The van der Waals surface area contributed by atoms with Crippen LogP contribution in [0.2, 0.25) is 0 Å². The molecule has 1 aliphatic carbocycles. The van der Waals surface area contributed by atoms with E-state index in [1.54, 1.807) is 0 Å². The second kappa shape index (κ2) is 3.72. The lowest BCUT2D eigenvalue weighted by Gasteiger charge is -2.49. The van der Waals surface area contributed by atoms with Crippen molar-refractivity contribution >= 4 is 17.7 Å². The van der Waals surface area contributed by atoms with E-state index in [0.717, 1.165) is 6.42 Å². The summed E-state index contributed by atoms with van der Waals surface area (Å²) in [5.41, 5.74) is 8.29. The smallest absolute Gasteiger partial charge is 0.234 e. The maximum absolute atomic E-state index is 12.1. The first-order chi connectivity index (χ1) is 7.97. The van der Waals surface area contributed by atoms with Crippen molar-refractivity contribution in [2.45, 2.75) is 32.1 Å². The third-order valence-corrected chi connectivity index (χ3v) is 4.31. The van der Waals surface area contributed by atoms with Crippen molar-refractivity contribution in [1.82, 2.24) is 5.32 Å². The third kappa shape index (κ3) is 1.29. The van der Waals surface area contributed by atoms with Gasteiger partial charge in [-0.1, -0.05) is 6.42 Å². The van der Waals surface area contributed by atoms with Crippen LogP contribution in [-0.4, -0.2) is 24.3 Å². The Morgan fingerprint density at radius 1 is 1.06 bits per heavy atom. The van der Waals surface area contributed by atoms with Crippen LogP contribution in [0.1, 0.15) is 32.1 Å². The fourth-order valence-corrected chi connectivity index (χ4v) is 3.18. The van der Waals surface area contributed by atoms with Gasteiger partial charge >= 0.3 is 0 Å². The predicted molar refractivity (Wildman–Crippen MR) is 59.3 cm³/mol. The van der Waals surface area contributed by atoms with Crippen LogP contribution in [0, 0.1) is 10.8 Å². The molecule has 1 heterocycles. The van der Waals surface area contributed by atoms with E-state index < -0.39 is 22.6 Å². The molecule has 1 saturated carbocycles. The maximum Gasteiger partial charge on any atom is 0.234 e. The summed E-state index contributed by atoms with van der Waals surface area (Å²) in [6, 6.07) is 0. The van der Waals surface area contributed by atoms with Gasteiger partial charge in [-0.2, -0.15) is 0 Å². The van der Waals surface area contributed by atoms with E-state index in [-0.39, 0.29) is 12.3 Å². The second-order valence-electron chi connectivity index (χ2n) is 4.93. The molecule has 0 bridgehead atoms. The highest BCUT2D eigenvalue weighted by atomic mass is 16.2. The number of amides is 3. The number of carbonyl (C=O) groups is 3. The predicted octanol–water partition coefficient (Wildman–Crippen LogP) is -0.976. The molecule has 0 aromatic heterocycles. The van der Waals surface area contributed by atoms with Gasteiger partial charge in [-0.15, -0.1) is 0 Å². The van der Waals surface area contributed by atoms with Crippen molar-refractivity contribution in [2.24, 2.45) is 22.3 Å². The van der Waals surface area contributed by atoms with Crippen molar-refractivity contribution in [3.63, 3.8) is 0 Å². The van der Waals surface area contributed by atoms with E-state index in [2.05, 4.69) is 5.32 Å². The Hall–Kier alpha value is -1.59. The lowest BCUT2D eigenvalue weighted by atomic mass is 9.50. The van der Waals surface area contributed by atoms with Crippen molar-refractivity contribution in [1.29, 1.82) is 0 Å². The molecule has 3 amide bonds. The van der Waals surface area contributed by atoms with Crippen LogP contribution in [-0.2, 0) is 14.4 Å². The molecule has 5 N–H and O–H groups in total. The highest BCUT2D eigenvalue weighted by Crippen LogP contribution is 2.57. The molecule has 6 nitrogen and oxygen atoms in total. The first-order valence-electron chi connectivity index (χ1n) is 5.85. The van der Waals surface area contributed by atoms with Gasteiger partial charge < -0.3 is 16.8 Å². The zero-order valence-corrected chi connectivity index (χ0v) is 9.62. The van der Waals surface area contributed by atoms with Gasteiger partial charge in [-0.05, 0) is 25.7 Å². The van der Waals surface area contributed by atoms with Crippen molar-refractivity contribution < 1.29 is 14.4 Å². The molecule has 2 fully saturated rings. The molecule has 1 spiro atoms. The maximum atomic E-state index is 12.1. The number of hydrogen-bond donors (Lipinski definition) is 3. The molecule has 0 unspecified atom stereocenters. The first kappa shape index (κ1) is 11.9. The van der Waals surface area contributed by atoms with Crippen LogP contribution in [0.25, 0.3) is 0 Å². The van der Waals surface area contributed by atoms with Gasteiger partial charge in [0, 0.05) is 6.54 Å². The minimum absolute atomic E-state index is 0.251. The minimum Gasteiger partial charge on any atom is -0.369 e. The Morgan fingerprint density at radius 3 is 2.06 bits per heavy atom. The van der Waals surface area contributed by atoms with Crippen LogP contribution in [0.4, 0.5) is 0 Å². The van der Waals surface area contributed by atoms with Crippen LogP contribution < -0.4 is 16.8 Å². The first-order valence-corrected chi connectivity index (χ1v) is 5.85. The molecule has 0 aromatic rings. The summed E-state index contributed by atoms with van der Waals surface area (Å²) in [5, 5.41) is 2.75. The molecule has 1 aliphatic heterocycles. The Balaban J connectivity index is 2.56. The summed E-state index contributed by atoms with van der Waals surface area (Å²) in [6.07, 6.45) is 2.63. The highest BCUT2D eigenvalue weighted by Gasteiger charge is 2.66. The number of rotatable bonds is 2. The number of nitrogens with two attached hydrogens (primary N) is 2. The SMILES string of the molecule is NC(=O)C1(C(N)=O)CCCNC(=O)C12CCC2. The average Bonchev–Trinajstić information content (AvgIpc) is 2.33. The number of primary amides is 2. The van der Waals surface area contributed by atoms with E-state index in [4.69, 9.17) is 11.5 Å². The molecule has 1 saturated heterocycles. The van der Waals surface area contributed by atoms with E-state index in [1.165, 1.54) is 0 Å². The van der Waals surface area contributed by atoms with Crippen LogP contribution in [0.5, 0.6) is 0 Å². The van der Waals surface area contributed by atoms with E-state index in [9.17, 15) is 14.4 Å². The van der Waals surface area contributed by atoms with Crippen molar-refractivity contribution in [3.05, 3.63) is 0 Å². The molecule has 2 aliphatic rings. The molecule has 2 rings (SSSR count). The number of nitrogens with one attached hydrogen (secondary N) is 1. The van der Waals surface area contributed by atoms with Gasteiger partial charge in [-0.3, -0.25) is 14.4 Å². The molecular weight excluding hydrogens is 222 g/mol. The van der Waals surface area contributed by atoms with Crippen molar-refractivity contribution in [2.75, 3.05) is 6.54 Å². The lowest BCUT2D eigenvalue weighted by molar-refractivity contribution is -0.166. The average molecular weight is 239 g/mol. The van der Waals surface area contributed by atoms with Crippen molar-refractivity contribution in [3.8, 4) is 0 Å². The zero-order chi connectivity index (χ0) is 12.7. The van der Waals surface area contributed by atoms with E-state index in [1.807, 2.05) is 0 Å². The number of hydrogen-bond acceptors (Lipinski definition) is 3. The fraction of sp³-hybridized carbons (Fsp3) is 0.727. The normalized spacial score (nSPS) is 25.5. The summed E-state index contributed by atoms with van der Waals surface area (Å²) >= 11 is 0. The van der Waals surface area contributed by atoms with Crippen LogP contribution in [0.15, 0.2) is 0 Å². The monoisotopic (exact) mass is 239 g/mol. The molecule has 17 heavy (non-hydrogen) atoms. The number of carbonyl (C=O) groups excluding carboxylic acids is 3. The summed E-state index contributed by atoms with van der Waals surface area (Å²) in [5.74, 6) is -1.78. The second-order valence-corrected chi connectivity index (χ2v) is 4.93.